The molecule has 8 heteroatoms. The molecule has 160 valence electrons. The second-order valence-corrected chi connectivity index (χ2v) is 10.4. The van der Waals surface area contributed by atoms with Gasteiger partial charge in [0.2, 0.25) is 16.8 Å². The molecule has 2 aliphatic rings. The second kappa shape index (κ2) is 7.59. The number of sulfonamides is 1. The summed E-state index contributed by atoms with van der Waals surface area (Å²) in [7, 11) is -3.60. The summed E-state index contributed by atoms with van der Waals surface area (Å²) in [6.45, 7) is 7.51. The number of piperazine rings is 1. The van der Waals surface area contributed by atoms with Crippen LogP contribution in [0.5, 0.6) is 11.5 Å². The van der Waals surface area contributed by atoms with E-state index < -0.39 is 10.0 Å². The van der Waals surface area contributed by atoms with Crippen molar-refractivity contribution in [1.29, 1.82) is 0 Å². The predicted molar refractivity (Wildman–Crippen MR) is 112 cm³/mol. The largest absolute Gasteiger partial charge is 0.454 e. The van der Waals surface area contributed by atoms with Crippen molar-refractivity contribution in [3.8, 4) is 11.5 Å². The highest BCUT2D eigenvalue weighted by atomic mass is 32.2. The van der Waals surface area contributed by atoms with Gasteiger partial charge in [0, 0.05) is 26.2 Å². The van der Waals surface area contributed by atoms with Crippen LogP contribution in [0, 0.1) is 0 Å². The minimum atomic E-state index is -3.60. The minimum Gasteiger partial charge on any atom is -0.454 e. The summed E-state index contributed by atoms with van der Waals surface area (Å²) < 4.78 is 38.3. The van der Waals surface area contributed by atoms with E-state index >= 15 is 0 Å². The lowest BCUT2D eigenvalue weighted by atomic mass is 9.87. The fourth-order valence-electron chi connectivity index (χ4n) is 3.68. The normalized spacial score (nSPS) is 17.2. The zero-order valence-corrected chi connectivity index (χ0v) is 18.2. The van der Waals surface area contributed by atoms with Crippen LogP contribution in [0.15, 0.2) is 47.4 Å². The molecule has 2 heterocycles. The van der Waals surface area contributed by atoms with Crippen LogP contribution >= 0.6 is 0 Å². The van der Waals surface area contributed by atoms with Crippen LogP contribution in [-0.4, -0.2) is 56.5 Å². The van der Waals surface area contributed by atoms with E-state index in [2.05, 4.69) is 20.8 Å². The van der Waals surface area contributed by atoms with Crippen molar-refractivity contribution in [1.82, 2.24) is 9.21 Å². The lowest BCUT2D eigenvalue weighted by Gasteiger charge is -2.34. The molecule has 2 aromatic rings. The number of hydrogen-bond acceptors (Lipinski definition) is 5. The van der Waals surface area contributed by atoms with Gasteiger partial charge in [0.15, 0.2) is 11.5 Å². The number of amides is 1. The Morgan fingerprint density at radius 1 is 0.933 bits per heavy atom. The molecule has 1 amide bonds. The van der Waals surface area contributed by atoms with Gasteiger partial charge in [0.25, 0.3) is 5.91 Å². The Morgan fingerprint density at radius 2 is 1.60 bits per heavy atom. The smallest absolute Gasteiger partial charge is 0.257 e. The number of para-hydroxylation sites is 1. The molecule has 1 saturated heterocycles. The SMILES string of the molecule is CC(C)(C)c1ccc(S(=O)(=O)N2CCN(C(=O)c3cccc4c3OCO4)CC2)cc1. The Hall–Kier alpha value is -2.58. The highest BCUT2D eigenvalue weighted by molar-refractivity contribution is 7.89. The molecule has 0 atom stereocenters. The Labute approximate surface area is 177 Å². The molecule has 0 unspecified atom stereocenters. The Balaban J connectivity index is 1.45. The Bertz CT molecular complexity index is 1050. The number of fused-ring (bicyclic) bond motifs is 1. The molecule has 2 aliphatic heterocycles. The third-order valence-corrected chi connectivity index (χ3v) is 7.42. The number of hydrogen-bond donors (Lipinski definition) is 0. The van der Waals surface area contributed by atoms with Crippen LogP contribution in [0.25, 0.3) is 0 Å². The van der Waals surface area contributed by atoms with Crippen molar-refractivity contribution in [3.63, 3.8) is 0 Å². The topological polar surface area (TPSA) is 76.2 Å². The lowest BCUT2D eigenvalue weighted by molar-refractivity contribution is 0.0693. The highest BCUT2D eigenvalue weighted by Gasteiger charge is 2.32. The van der Waals surface area contributed by atoms with Crippen molar-refractivity contribution in [2.45, 2.75) is 31.1 Å². The molecule has 7 nitrogen and oxygen atoms in total. The fraction of sp³-hybridized carbons (Fsp3) is 0.409. The first-order valence-corrected chi connectivity index (χ1v) is 11.4. The molecule has 0 aliphatic carbocycles. The van der Waals surface area contributed by atoms with Crippen molar-refractivity contribution in [2.75, 3.05) is 33.0 Å². The third kappa shape index (κ3) is 3.77. The second-order valence-electron chi connectivity index (χ2n) is 8.51. The summed E-state index contributed by atoms with van der Waals surface area (Å²) in [6, 6.07) is 12.3. The van der Waals surface area contributed by atoms with Crippen molar-refractivity contribution in [2.24, 2.45) is 0 Å². The van der Waals surface area contributed by atoms with Crippen molar-refractivity contribution < 1.29 is 22.7 Å². The molecule has 2 aromatic carbocycles. The number of ether oxygens (including phenoxy) is 2. The van der Waals surface area contributed by atoms with Gasteiger partial charge in [-0.15, -0.1) is 0 Å². The van der Waals surface area contributed by atoms with Gasteiger partial charge in [-0.2, -0.15) is 4.31 Å². The monoisotopic (exact) mass is 430 g/mol. The van der Waals surface area contributed by atoms with E-state index in [1.807, 2.05) is 12.1 Å². The average molecular weight is 431 g/mol. The molecule has 0 bridgehead atoms. The first-order valence-electron chi connectivity index (χ1n) is 9.96. The maximum Gasteiger partial charge on any atom is 0.257 e. The van der Waals surface area contributed by atoms with E-state index in [9.17, 15) is 13.2 Å². The van der Waals surface area contributed by atoms with Crippen LogP contribution < -0.4 is 9.47 Å². The predicted octanol–water partition coefficient (Wildman–Crippen LogP) is 2.86. The van der Waals surface area contributed by atoms with E-state index in [0.29, 0.717) is 30.2 Å². The maximum atomic E-state index is 13.0. The highest BCUT2D eigenvalue weighted by Crippen LogP contribution is 2.36. The Morgan fingerprint density at radius 3 is 2.23 bits per heavy atom. The molecule has 1 fully saturated rings. The van der Waals surface area contributed by atoms with Gasteiger partial charge in [-0.1, -0.05) is 39.0 Å². The van der Waals surface area contributed by atoms with Crippen LogP contribution in [0.2, 0.25) is 0 Å². The van der Waals surface area contributed by atoms with Crippen molar-refractivity contribution >= 4 is 15.9 Å². The van der Waals surface area contributed by atoms with Gasteiger partial charge in [-0.05, 0) is 35.2 Å². The zero-order chi connectivity index (χ0) is 21.5. The standard InChI is InChI=1S/C22H26N2O5S/c1-22(2,3)16-7-9-17(10-8-16)30(26,27)24-13-11-23(12-14-24)21(25)18-5-4-6-19-20(18)29-15-28-19/h4-10H,11-15H2,1-3H3. The minimum absolute atomic E-state index is 0.0410. The number of rotatable bonds is 3. The van der Waals surface area contributed by atoms with Gasteiger partial charge < -0.3 is 14.4 Å². The number of nitrogens with zero attached hydrogens (tertiary/aromatic N) is 2. The molecule has 0 spiro atoms. The van der Waals surface area contributed by atoms with Crippen LogP contribution in [0.3, 0.4) is 0 Å². The van der Waals surface area contributed by atoms with Gasteiger partial charge in [-0.3, -0.25) is 4.79 Å². The molecule has 0 saturated carbocycles. The van der Waals surface area contributed by atoms with Crippen LogP contribution in [-0.2, 0) is 15.4 Å². The maximum absolute atomic E-state index is 13.0. The molecular formula is C22H26N2O5S. The van der Waals surface area contributed by atoms with Gasteiger partial charge in [-0.25, -0.2) is 8.42 Å². The van der Waals surface area contributed by atoms with E-state index in [4.69, 9.17) is 9.47 Å². The number of carbonyl (C=O) groups is 1. The quantitative estimate of drug-likeness (QED) is 0.749. The summed E-state index contributed by atoms with van der Waals surface area (Å²) in [6.07, 6.45) is 0. The van der Waals surface area contributed by atoms with E-state index in [1.165, 1.54) is 4.31 Å². The summed E-state index contributed by atoms with van der Waals surface area (Å²) in [5.41, 5.74) is 1.48. The molecule has 0 N–H and O–H groups in total. The van der Waals surface area contributed by atoms with Gasteiger partial charge >= 0.3 is 0 Å². The molecule has 30 heavy (non-hydrogen) atoms. The molecule has 0 radical (unpaired) electrons. The molecular weight excluding hydrogens is 404 g/mol. The summed E-state index contributed by atoms with van der Waals surface area (Å²) in [4.78, 5) is 14.9. The van der Waals surface area contributed by atoms with Crippen LogP contribution in [0.1, 0.15) is 36.7 Å². The van der Waals surface area contributed by atoms with Gasteiger partial charge in [0.05, 0.1) is 10.5 Å². The average Bonchev–Trinajstić information content (AvgIpc) is 3.22. The summed E-state index contributed by atoms with van der Waals surface area (Å²) >= 11 is 0. The van der Waals surface area contributed by atoms with E-state index in [1.54, 1.807) is 35.2 Å². The van der Waals surface area contributed by atoms with E-state index in [0.717, 1.165) is 5.56 Å². The molecule has 4 rings (SSSR count). The Kier molecular flexibility index (Phi) is 5.23. The summed E-state index contributed by atoms with van der Waals surface area (Å²) in [5.74, 6) is 0.834. The first kappa shape index (κ1) is 20.7. The summed E-state index contributed by atoms with van der Waals surface area (Å²) in [5, 5.41) is 0. The van der Waals surface area contributed by atoms with Gasteiger partial charge in [0.1, 0.15) is 0 Å². The lowest BCUT2D eigenvalue weighted by Crippen LogP contribution is -2.50. The third-order valence-electron chi connectivity index (χ3n) is 5.51. The van der Waals surface area contributed by atoms with E-state index in [-0.39, 0.29) is 36.1 Å². The molecule has 0 aromatic heterocycles. The van der Waals surface area contributed by atoms with Crippen molar-refractivity contribution in [3.05, 3.63) is 53.6 Å². The number of benzene rings is 2. The fourth-order valence-corrected chi connectivity index (χ4v) is 5.10. The first-order chi connectivity index (χ1) is 14.2. The zero-order valence-electron chi connectivity index (χ0n) is 17.4. The van der Waals surface area contributed by atoms with Crippen LogP contribution in [0.4, 0.5) is 0 Å². The number of carbonyl (C=O) groups excluding carboxylic acids is 1.